The molecule has 0 atom stereocenters. The van der Waals surface area contributed by atoms with Crippen molar-refractivity contribution in [3.63, 3.8) is 0 Å². The van der Waals surface area contributed by atoms with E-state index in [0.717, 1.165) is 30.2 Å². The lowest BCUT2D eigenvalue weighted by Gasteiger charge is -2.17. The average Bonchev–Trinajstić information content (AvgIpc) is 3.17. The Kier molecular flexibility index (Phi) is 4.73. The maximum Gasteiger partial charge on any atom is 0.0831 e. The SMILES string of the molecule is CC(C)(C)c1nn(-c2ccccc2Cl)cc1CNCc1ccn[nH]1. The molecule has 0 aliphatic heterocycles. The van der Waals surface area contributed by atoms with Gasteiger partial charge in [-0.2, -0.15) is 10.2 Å². The minimum atomic E-state index is -0.0441. The first kappa shape index (κ1) is 16.7. The minimum Gasteiger partial charge on any atom is -0.307 e. The summed E-state index contributed by atoms with van der Waals surface area (Å²) in [5, 5.41) is 15.8. The molecule has 0 aliphatic rings. The molecule has 0 saturated carbocycles. The molecule has 6 heteroatoms. The minimum absolute atomic E-state index is 0.0441. The topological polar surface area (TPSA) is 58.5 Å². The number of aromatic nitrogens is 4. The van der Waals surface area contributed by atoms with Gasteiger partial charge in [0.25, 0.3) is 0 Å². The first-order chi connectivity index (χ1) is 11.4. The summed E-state index contributed by atoms with van der Waals surface area (Å²) in [6, 6.07) is 9.71. The fraction of sp³-hybridized carbons (Fsp3) is 0.333. The molecule has 24 heavy (non-hydrogen) atoms. The van der Waals surface area contributed by atoms with Crippen LogP contribution in [0.3, 0.4) is 0 Å². The van der Waals surface area contributed by atoms with Crippen molar-refractivity contribution < 1.29 is 0 Å². The van der Waals surface area contributed by atoms with Crippen molar-refractivity contribution in [3.05, 3.63) is 64.7 Å². The summed E-state index contributed by atoms with van der Waals surface area (Å²) in [7, 11) is 0. The summed E-state index contributed by atoms with van der Waals surface area (Å²) < 4.78 is 1.87. The monoisotopic (exact) mass is 343 g/mol. The van der Waals surface area contributed by atoms with Gasteiger partial charge < -0.3 is 5.32 Å². The zero-order valence-corrected chi connectivity index (χ0v) is 14.9. The Balaban J connectivity index is 1.85. The highest BCUT2D eigenvalue weighted by Gasteiger charge is 2.23. The van der Waals surface area contributed by atoms with Gasteiger partial charge in [-0.05, 0) is 18.2 Å². The van der Waals surface area contributed by atoms with Gasteiger partial charge in [0.05, 0.1) is 16.4 Å². The van der Waals surface area contributed by atoms with Gasteiger partial charge in [0.15, 0.2) is 0 Å². The molecule has 0 spiro atoms. The van der Waals surface area contributed by atoms with Crippen molar-refractivity contribution in [1.29, 1.82) is 0 Å². The fourth-order valence-electron chi connectivity index (χ4n) is 2.65. The number of rotatable bonds is 5. The van der Waals surface area contributed by atoms with E-state index < -0.39 is 0 Å². The van der Waals surface area contributed by atoms with Crippen LogP contribution in [0.15, 0.2) is 42.7 Å². The van der Waals surface area contributed by atoms with Gasteiger partial charge in [0.2, 0.25) is 0 Å². The zero-order chi connectivity index (χ0) is 17.2. The molecular formula is C18H22ClN5. The maximum absolute atomic E-state index is 6.32. The lowest BCUT2D eigenvalue weighted by Crippen LogP contribution is -2.19. The molecule has 5 nitrogen and oxygen atoms in total. The molecule has 2 aromatic heterocycles. The number of nitrogens with zero attached hydrogens (tertiary/aromatic N) is 3. The first-order valence-electron chi connectivity index (χ1n) is 7.98. The normalized spacial score (nSPS) is 11.8. The molecular weight excluding hydrogens is 322 g/mol. The van der Waals surface area contributed by atoms with Crippen LogP contribution in [-0.2, 0) is 18.5 Å². The Hall–Kier alpha value is -2.11. The quantitative estimate of drug-likeness (QED) is 0.740. The van der Waals surface area contributed by atoms with E-state index in [2.05, 4.69) is 42.5 Å². The Morgan fingerprint density at radius 3 is 2.62 bits per heavy atom. The molecule has 1 aromatic carbocycles. The van der Waals surface area contributed by atoms with Crippen LogP contribution in [0, 0.1) is 0 Å². The lowest BCUT2D eigenvalue weighted by molar-refractivity contribution is 0.548. The number of benzene rings is 1. The molecule has 0 bridgehead atoms. The van der Waals surface area contributed by atoms with Gasteiger partial charge in [-0.3, -0.25) is 5.10 Å². The highest BCUT2D eigenvalue weighted by Crippen LogP contribution is 2.27. The molecule has 0 amide bonds. The lowest BCUT2D eigenvalue weighted by atomic mass is 9.89. The van der Waals surface area contributed by atoms with E-state index in [1.807, 2.05) is 35.0 Å². The second-order valence-corrected chi connectivity index (χ2v) is 7.24. The molecule has 0 radical (unpaired) electrons. The predicted octanol–water partition coefficient (Wildman–Crippen LogP) is 3.84. The van der Waals surface area contributed by atoms with Crippen LogP contribution in [0.1, 0.15) is 37.7 Å². The highest BCUT2D eigenvalue weighted by atomic mass is 35.5. The standard InChI is InChI=1S/C18H22ClN5/c1-18(2,3)17-13(10-20-11-14-8-9-21-22-14)12-24(23-17)16-7-5-4-6-15(16)19/h4-9,12,20H,10-11H2,1-3H3,(H,21,22). The summed E-state index contributed by atoms with van der Waals surface area (Å²) in [5.41, 5.74) is 4.15. The summed E-state index contributed by atoms with van der Waals surface area (Å²) in [4.78, 5) is 0. The van der Waals surface area contributed by atoms with Crippen molar-refractivity contribution in [2.24, 2.45) is 0 Å². The van der Waals surface area contributed by atoms with Gasteiger partial charge in [0, 0.05) is 42.2 Å². The van der Waals surface area contributed by atoms with Crippen molar-refractivity contribution >= 4 is 11.6 Å². The third-order valence-corrected chi connectivity index (χ3v) is 4.11. The summed E-state index contributed by atoms with van der Waals surface area (Å²) in [5.74, 6) is 0. The number of para-hydroxylation sites is 1. The Labute approximate surface area is 147 Å². The van der Waals surface area contributed by atoms with E-state index >= 15 is 0 Å². The largest absolute Gasteiger partial charge is 0.307 e. The molecule has 0 aliphatic carbocycles. The van der Waals surface area contributed by atoms with Gasteiger partial charge >= 0.3 is 0 Å². The molecule has 0 fully saturated rings. The van der Waals surface area contributed by atoms with Crippen LogP contribution in [0.4, 0.5) is 0 Å². The van der Waals surface area contributed by atoms with Gasteiger partial charge in [0.1, 0.15) is 0 Å². The van der Waals surface area contributed by atoms with E-state index in [1.54, 1.807) is 6.20 Å². The summed E-state index contributed by atoms with van der Waals surface area (Å²) in [6.45, 7) is 7.98. The Morgan fingerprint density at radius 1 is 1.17 bits per heavy atom. The Bertz CT molecular complexity index is 799. The molecule has 0 saturated heterocycles. The van der Waals surface area contributed by atoms with E-state index in [4.69, 9.17) is 16.7 Å². The van der Waals surface area contributed by atoms with E-state index in [-0.39, 0.29) is 5.41 Å². The maximum atomic E-state index is 6.32. The zero-order valence-electron chi connectivity index (χ0n) is 14.2. The number of halogens is 1. The van der Waals surface area contributed by atoms with Crippen LogP contribution in [0.5, 0.6) is 0 Å². The van der Waals surface area contributed by atoms with Crippen LogP contribution in [0.2, 0.25) is 5.02 Å². The van der Waals surface area contributed by atoms with Crippen molar-refractivity contribution in [2.45, 2.75) is 39.3 Å². The van der Waals surface area contributed by atoms with Crippen LogP contribution < -0.4 is 5.32 Å². The first-order valence-corrected chi connectivity index (χ1v) is 8.36. The van der Waals surface area contributed by atoms with Crippen LogP contribution in [0.25, 0.3) is 5.69 Å². The molecule has 2 heterocycles. The average molecular weight is 344 g/mol. The van der Waals surface area contributed by atoms with E-state index in [9.17, 15) is 0 Å². The van der Waals surface area contributed by atoms with Crippen molar-refractivity contribution in [1.82, 2.24) is 25.3 Å². The summed E-state index contributed by atoms with van der Waals surface area (Å²) in [6.07, 6.45) is 3.81. The van der Waals surface area contributed by atoms with E-state index in [0.29, 0.717) is 5.02 Å². The second kappa shape index (κ2) is 6.79. The van der Waals surface area contributed by atoms with Crippen molar-refractivity contribution in [2.75, 3.05) is 0 Å². The second-order valence-electron chi connectivity index (χ2n) is 6.83. The number of nitrogens with one attached hydrogen (secondary N) is 2. The summed E-state index contributed by atoms with van der Waals surface area (Å²) >= 11 is 6.32. The third-order valence-electron chi connectivity index (χ3n) is 3.79. The van der Waals surface area contributed by atoms with E-state index in [1.165, 1.54) is 5.56 Å². The molecule has 3 rings (SSSR count). The van der Waals surface area contributed by atoms with Gasteiger partial charge in [-0.25, -0.2) is 4.68 Å². The number of aromatic amines is 1. The fourth-order valence-corrected chi connectivity index (χ4v) is 2.87. The third kappa shape index (κ3) is 3.68. The molecule has 3 aromatic rings. The molecule has 126 valence electrons. The van der Waals surface area contributed by atoms with Gasteiger partial charge in [-0.15, -0.1) is 0 Å². The molecule has 0 unspecified atom stereocenters. The highest BCUT2D eigenvalue weighted by molar-refractivity contribution is 6.32. The predicted molar refractivity (Wildman–Crippen MR) is 96.4 cm³/mol. The smallest absolute Gasteiger partial charge is 0.0831 e. The molecule has 2 N–H and O–H groups in total. The van der Waals surface area contributed by atoms with Crippen molar-refractivity contribution in [3.8, 4) is 5.69 Å². The number of hydrogen-bond acceptors (Lipinski definition) is 3. The number of hydrogen-bond donors (Lipinski definition) is 2. The van der Waals surface area contributed by atoms with Crippen LogP contribution in [-0.4, -0.2) is 20.0 Å². The van der Waals surface area contributed by atoms with Crippen LogP contribution >= 0.6 is 11.6 Å². The Morgan fingerprint density at radius 2 is 1.96 bits per heavy atom. The van der Waals surface area contributed by atoms with Gasteiger partial charge in [-0.1, -0.05) is 44.5 Å². The number of H-pyrrole nitrogens is 1.